The largest absolute Gasteiger partial charge is 0.436 e. The zero-order valence-electron chi connectivity index (χ0n) is 19.9. The average molecular weight is 454 g/mol. The lowest BCUT2D eigenvalue weighted by molar-refractivity contribution is 0.0755. The summed E-state index contributed by atoms with van der Waals surface area (Å²) in [4.78, 5) is 27.0. The number of likely N-dealkylation sites (tertiary alicyclic amines) is 2. The molecule has 1 aromatic rings. The van der Waals surface area contributed by atoms with E-state index in [-0.39, 0.29) is 18.2 Å². The first-order chi connectivity index (χ1) is 15.9. The smallest absolute Gasteiger partial charge is 0.410 e. The van der Waals surface area contributed by atoms with Crippen LogP contribution in [0.25, 0.3) is 0 Å². The summed E-state index contributed by atoms with van der Waals surface area (Å²) in [5.41, 5.74) is 5.15. The highest BCUT2D eigenvalue weighted by Gasteiger charge is 2.42. The van der Waals surface area contributed by atoms with E-state index < -0.39 is 0 Å². The summed E-state index contributed by atoms with van der Waals surface area (Å²) < 4.78 is 5.07. The number of nitroso groups, excluding NO2 is 1. The maximum atomic E-state index is 12.1. The summed E-state index contributed by atoms with van der Waals surface area (Å²) in [7, 11) is 0. The van der Waals surface area contributed by atoms with Crippen molar-refractivity contribution in [1.82, 2.24) is 9.80 Å². The molecule has 2 N–H and O–H groups in total. The van der Waals surface area contributed by atoms with Crippen molar-refractivity contribution < 1.29 is 9.53 Å². The number of ether oxygens (including phenoxy) is 1. The van der Waals surface area contributed by atoms with Crippen LogP contribution in [0.2, 0.25) is 0 Å². The molecule has 1 unspecified atom stereocenters. The van der Waals surface area contributed by atoms with Gasteiger partial charge in [-0.3, -0.25) is 4.90 Å². The number of nitrogens with one attached hydrogen (secondary N) is 2. The molecule has 1 aromatic carbocycles. The first-order valence-electron chi connectivity index (χ1n) is 11.4. The van der Waals surface area contributed by atoms with Crippen LogP contribution < -0.4 is 10.7 Å². The zero-order valence-corrected chi connectivity index (χ0v) is 19.9. The third-order valence-electron chi connectivity index (χ3n) is 6.15. The first-order valence-corrected chi connectivity index (χ1v) is 11.4. The Labute approximate surface area is 197 Å². The quantitative estimate of drug-likeness (QED) is 0.381. The monoisotopic (exact) mass is 453 g/mol. The van der Waals surface area contributed by atoms with Gasteiger partial charge in [-0.2, -0.15) is 0 Å². The summed E-state index contributed by atoms with van der Waals surface area (Å²) in [5.74, 6) is 4.76. The Morgan fingerprint density at radius 2 is 1.94 bits per heavy atom. The molecule has 2 heterocycles. The van der Waals surface area contributed by atoms with Crippen molar-refractivity contribution in [3.05, 3.63) is 28.7 Å². The fourth-order valence-electron chi connectivity index (χ4n) is 4.26. The van der Waals surface area contributed by atoms with Crippen molar-refractivity contribution in [1.29, 1.82) is 0 Å². The van der Waals surface area contributed by atoms with Crippen LogP contribution in [0.1, 0.15) is 45.1 Å². The highest BCUT2D eigenvalue weighted by molar-refractivity contribution is 5.70. The van der Waals surface area contributed by atoms with E-state index in [1.54, 1.807) is 4.90 Å². The molecule has 1 amide bonds. The van der Waals surface area contributed by atoms with Crippen LogP contribution in [0.3, 0.4) is 0 Å². The van der Waals surface area contributed by atoms with Crippen molar-refractivity contribution in [2.45, 2.75) is 58.0 Å². The predicted molar refractivity (Wildman–Crippen MR) is 133 cm³/mol. The molecule has 2 aliphatic heterocycles. The fourth-order valence-corrected chi connectivity index (χ4v) is 4.26. The van der Waals surface area contributed by atoms with E-state index in [2.05, 4.69) is 39.7 Å². The molecule has 0 saturated carbocycles. The fraction of sp³-hybridized carbons (Fsp3) is 0.560. The van der Waals surface area contributed by atoms with E-state index in [4.69, 9.17) is 17.6 Å². The standard InChI is InChI=1S/C21H29N5O3.C4H6/c1-4-13-29-20(27)25-12-9-21(3,15-25)26-10-7-17(8-11-26)22-18-6-5-16(2)14-19(18)23-24-28;1-3-4-2/h1,5-6,14,17,22H,7-13,15H2,2-3H3,(H,23,28);1H,4H2,2H3. The lowest BCUT2D eigenvalue weighted by Crippen LogP contribution is -2.53. The average Bonchev–Trinajstić information content (AvgIpc) is 3.23. The van der Waals surface area contributed by atoms with Gasteiger partial charge in [0.05, 0.1) is 16.7 Å². The van der Waals surface area contributed by atoms with Gasteiger partial charge in [0, 0.05) is 44.2 Å². The molecule has 2 saturated heterocycles. The lowest BCUT2D eigenvalue weighted by Gasteiger charge is -2.43. The lowest BCUT2D eigenvalue weighted by atomic mass is 9.93. The van der Waals surface area contributed by atoms with Gasteiger partial charge in [0.2, 0.25) is 0 Å². The molecule has 8 heteroatoms. The molecular weight excluding hydrogens is 418 g/mol. The number of terminal acetylenes is 2. The number of carbonyl (C=O) groups excluding carboxylic acids is 1. The number of nitrogens with zero attached hydrogens (tertiary/aromatic N) is 3. The van der Waals surface area contributed by atoms with Crippen LogP contribution in [0.4, 0.5) is 16.2 Å². The van der Waals surface area contributed by atoms with Crippen molar-refractivity contribution in [2.24, 2.45) is 5.29 Å². The van der Waals surface area contributed by atoms with Gasteiger partial charge in [-0.15, -0.1) is 23.7 Å². The molecule has 3 rings (SSSR count). The van der Waals surface area contributed by atoms with Crippen LogP contribution in [0.15, 0.2) is 23.5 Å². The summed E-state index contributed by atoms with van der Waals surface area (Å²) in [5, 5.41) is 6.36. The number of hydrogen-bond donors (Lipinski definition) is 2. The van der Waals surface area contributed by atoms with Crippen molar-refractivity contribution >= 4 is 17.5 Å². The van der Waals surface area contributed by atoms with Crippen LogP contribution in [-0.4, -0.2) is 60.3 Å². The SMILES string of the molecule is C#CCC.C#CCOC(=O)N1CCC(C)(N2CCC(Nc3ccc(C)cc3NN=O)CC2)C1. The van der Waals surface area contributed by atoms with E-state index in [1.165, 1.54) is 0 Å². The van der Waals surface area contributed by atoms with E-state index in [0.29, 0.717) is 24.8 Å². The third kappa shape index (κ3) is 7.40. The first kappa shape index (κ1) is 26.0. The Hall–Kier alpha value is -3.23. The molecule has 0 radical (unpaired) electrons. The Morgan fingerprint density at radius 3 is 2.55 bits per heavy atom. The summed E-state index contributed by atoms with van der Waals surface area (Å²) in [6.45, 7) is 9.39. The second kappa shape index (κ2) is 12.7. The molecule has 1 atom stereocenters. The summed E-state index contributed by atoms with van der Waals surface area (Å²) >= 11 is 0. The predicted octanol–water partition coefficient (Wildman–Crippen LogP) is 4.23. The molecule has 0 aromatic heterocycles. The van der Waals surface area contributed by atoms with E-state index >= 15 is 0 Å². The van der Waals surface area contributed by atoms with Crippen LogP contribution in [0.5, 0.6) is 0 Å². The van der Waals surface area contributed by atoms with Gasteiger partial charge in [-0.25, -0.2) is 10.2 Å². The molecular formula is C25H35N5O3. The number of hydrogen-bond acceptors (Lipinski definition) is 6. The number of piperidine rings is 1. The van der Waals surface area contributed by atoms with Crippen LogP contribution in [0, 0.1) is 36.5 Å². The third-order valence-corrected chi connectivity index (χ3v) is 6.15. The number of carbonyl (C=O) groups is 1. The molecule has 178 valence electrons. The molecule has 2 fully saturated rings. The van der Waals surface area contributed by atoms with Crippen LogP contribution in [-0.2, 0) is 4.74 Å². The van der Waals surface area contributed by atoms with Crippen LogP contribution >= 0.6 is 0 Å². The van der Waals surface area contributed by atoms with Gasteiger partial charge in [0.15, 0.2) is 6.61 Å². The van der Waals surface area contributed by atoms with Gasteiger partial charge in [0.25, 0.3) is 0 Å². The Kier molecular flexibility index (Phi) is 10.0. The molecule has 0 bridgehead atoms. The Bertz CT molecular complexity index is 883. The normalized spacial score (nSPS) is 20.6. The Balaban J connectivity index is 0.000000890. The number of anilines is 2. The van der Waals surface area contributed by atoms with Crippen molar-refractivity contribution in [3.63, 3.8) is 0 Å². The number of rotatable bonds is 6. The van der Waals surface area contributed by atoms with Gasteiger partial charge in [0.1, 0.15) is 0 Å². The molecule has 2 aliphatic rings. The molecule has 0 spiro atoms. The second-order valence-electron chi connectivity index (χ2n) is 8.64. The Morgan fingerprint density at radius 1 is 1.24 bits per heavy atom. The van der Waals surface area contributed by atoms with E-state index in [0.717, 1.165) is 50.0 Å². The number of amides is 1. The van der Waals surface area contributed by atoms with Gasteiger partial charge in [-0.05, 0) is 50.8 Å². The van der Waals surface area contributed by atoms with Gasteiger partial charge in [-0.1, -0.05) is 18.9 Å². The van der Waals surface area contributed by atoms with E-state index in [1.807, 2.05) is 32.0 Å². The maximum absolute atomic E-state index is 12.1. The van der Waals surface area contributed by atoms with E-state index in [9.17, 15) is 9.70 Å². The minimum Gasteiger partial charge on any atom is -0.436 e. The molecule has 8 nitrogen and oxygen atoms in total. The topological polar surface area (TPSA) is 86.3 Å². The van der Waals surface area contributed by atoms with Gasteiger partial charge < -0.3 is 15.0 Å². The summed E-state index contributed by atoms with van der Waals surface area (Å²) in [6.07, 6.45) is 13.4. The molecule has 33 heavy (non-hydrogen) atoms. The van der Waals surface area contributed by atoms with Crippen molar-refractivity contribution in [2.75, 3.05) is 43.5 Å². The highest BCUT2D eigenvalue weighted by Crippen LogP contribution is 2.32. The summed E-state index contributed by atoms with van der Waals surface area (Å²) in [6, 6.07) is 6.23. The van der Waals surface area contributed by atoms with Gasteiger partial charge >= 0.3 is 6.09 Å². The minimum absolute atomic E-state index is 0.0125. The minimum atomic E-state index is -0.327. The number of aryl methyl sites for hydroxylation is 1. The maximum Gasteiger partial charge on any atom is 0.410 e. The zero-order chi connectivity index (χ0) is 24.3. The molecule has 0 aliphatic carbocycles. The number of benzene rings is 1. The van der Waals surface area contributed by atoms with Crippen molar-refractivity contribution in [3.8, 4) is 24.7 Å². The highest BCUT2D eigenvalue weighted by atomic mass is 16.6. The second-order valence-corrected chi connectivity index (χ2v) is 8.64.